The lowest BCUT2D eigenvalue weighted by molar-refractivity contribution is -0.137. The van der Waals surface area contributed by atoms with E-state index in [2.05, 4.69) is 15.2 Å². The highest BCUT2D eigenvalue weighted by atomic mass is 19.4. The van der Waals surface area contributed by atoms with E-state index in [0.717, 1.165) is 25.0 Å². The number of hydrogen-bond donors (Lipinski definition) is 0. The van der Waals surface area contributed by atoms with E-state index in [1.165, 1.54) is 23.0 Å². The Morgan fingerprint density at radius 2 is 1.86 bits per heavy atom. The Morgan fingerprint density at radius 1 is 1.08 bits per heavy atom. The average Bonchev–Trinajstić information content (AvgIpc) is 3.38. The Morgan fingerprint density at radius 3 is 2.64 bits per heavy atom. The molecular weight excluding hydrogens is 475 g/mol. The molecule has 36 heavy (non-hydrogen) atoms. The number of carbonyl (C=O) groups excluding carboxylic acids is 1. The number of rotatable bonds is 5. The molecular formula is C25H22F3N5O3. The summed E-state index contributed by atoms with van der Waals surface area (Å²) in [6.45, 7) is 1.19. The maximum Gasteiger partial charge on any atom is 0.416 e. The standard InChI is InChI=1S/C25H22F3N5O3/c26-25(27,28)18-9-7-16(8-10-18)22-30-31-23(36-22)17-4-3-12-32(14-17)21(34)11-13-33-15-29-20-6-2-1-5-19(20)24(33)35/h1-2,5-10,15,17H,3-4,11-14H2. The number of amides is 1. The number of alkyl halides is 3. The molecule has 1 amide bonds. The highest BCUT2D eigenvalue weighted by Gasteiger charge is 2.31. The van der Waals surface area contributed by atoms with Gasteiger partial charge < -0.3 is 9.32 Å². The summed E-state index contributed by atoms with van der Waals surface area (Å²) in [5.74, 6) is 0.202. The van der Waals surface area contributed by atoms with Crippen molar-refractivity contribution in [1.29, 1.82) is 0 Å². The first kappa shape index (κ1) is 23.7. The van der Waals surface area contributed by atoms with Crippen molar-refractivity contribution in [3.8, 4) is 11.5 Å². The maximum absolute atomic E-state index is 12.9. The first-order chi connectivity index (χ1) is 17.3. The number of likely N-dealkylation sites (tertiary alicyclic amines) is 1. The smallest absolute Gasteiger partial charge is 0.416 e. The molecule has 0 aliphatic carbocycles. The van der Waals surface area contributed by atoms with Gasteiger partial charge in [-0.25, -0.2) is 4.98 Å². The van der Waals surface area contributed by atoms with Gasteiger partial charge in [-0.2, -0.15) is 13.2 Å². The molecule has 1 unspecified atom stereocenters. The van der Waals surface area contributed by atoms with Crippen LogP contribution >= 0.6 is 0 Å². The van der Waals surface area contributed by atoms with E-state index in [9.17, 15) is 22.8 Å². The highest BCUT2D eigenvalue weighted by Crippen LogP contribution is 2.32. The van der Waals surface area contributed by atoms with Crippen LogP contribution in [-0.2, 0) is 17.5 Å². The zero-order chi connectivity index (χ0) is 25.3. The summed E-state index contributed by atoms with van der Waals surface area (Å²) in [6.07, 6.45) is -1.33. The summed E-state index contributed by atoms with van der Waals surface area (Å²) in [5.41, 5.74) is 0.0554. The van der Waals surface area contributed by atoms with Gasteiger partial charge in [-0.1, -0.05) is 12.1 Å². The van der Waals surface area contributed by atoms with Crippen molar-refractivity contribution >= 4 is 16.8 Å². The van der Waals surface area contributed by atoms with E-state index < -0.39 is 11.7 Å². The molecule has 1 atom stereocenters. The summed E-state index contributed by atoms with van der Waals surface area (Å²) >= 11 is 0. The van der Waals surface area contributed by atoms with Crippen LogP contribution in [0.25, 0.3) is 22.4 Å². The molecule has 2 aromatic heterocycles. The monoisotopic (exact) mass is 497 g/mol. The molecule has 1 aliphatic heterocycles. The van der Waals surface area contributed by atoms with Gasteiger partial charge >= 0.3 is 6.18 Å². The lowest BCUT2D eigenvalue weighted by Gasteiger charge is -2.31. The van der Waals surface area contributed by atoms with Gasteiger partial charge in [-0.3, -0.25) is 14.2 Å². The third-order valence-electron chi connectivity index (χ3n) is 6.32. The molecule has 0 spiro atoms. The Hall–Kier alpha value is -4.02. The van der Waals surface area contributed by atoms with Crippen LogP contribution in [0.1, 0.15) is 36.6 Å². The maximum atomic E-state index is 12.9. The third-order valence-corrected chi connectivity index (χ3v) is 6.32. The molecule has 0 bridgehead atoms. The lowest BCUT2D eigenvalue weighted by atomic mass is 9.98. The van der Waals surface area contributed by atoms with Crippen molar-refractivity contribution in [1.82, 2.24) is 24.6 Å². The molecule has 3 heterocycles. The van der Waals surface area contributed by atoms with Crippen LogP contribution in [-0.4, -0.2) is 43.6 Å². The van der Waals surface area contributed by atoms with E-state index in [1.54, 1.807) is 23.1 Å². The molecule has 11 heteroatoms. The van der Waals surface area contributed by atoms with Crippen LogP contribution in [0.3, 0.4) is 0 Å². The van der Waals surface area contributed by atoms with Crippen molar-refractivity contribution in [3.05, 3.63) is 76.7 Å². The molecule has 5 rings (SSSR count). The average molecular weight is 497 g/mol. The van der Waals surface area contributed by atoms with Crippen LogP contribution < -0.4 is 5.56 Å². The first-order valence-corrected chi connectivity index (χ1v) is 11.5. The molecule has 0 N–H and O–H groups in total. The fourth-order valence-corrected chi connectivity index (χ4v) is 4.36. The number of benzene rings is 2. The van der Waals surface area contributed by atoms with Crippen molar-refractivity contribution < 1.29 is 22.4 Å². The van der Waals surface area contributed by atoms with Crippen LogP contribution in [0.15, 0.2) is 64.1 Å². The number of aromatic nitrogens is 4. The summed E-state index contributed by atoms with van der Waals surface area (Å²) in [4.78, 5) is 31.6. The first-order valence-electron chi connectivity index (χ1n) is 11.5. The second kappa shape index (κ2) is 9.56. The van der Waals surface area contributed by atoms with Crippen LogP contribution in [0.2, 0.25) is 0 Å². The Labute approximate surface area is 203 Å². The Kier molecular flexibility index (Phi) is 6.29. The molecule has 1 fully saturated rings. The normalized spacial score (nSPS) is 16.4. The second-order valence-electron chi connectivity index (χ2n) is 8.71. The molecule has 2 aromatic carbocycles. The summed E-state index contributed by atoms with van der Waals surface area (Å²) in [5, 5.41) is 8.58. The van der Waals surface area contributed by atoms with Crippen LogP contribution in [0.5, 0.6) is 0 Å². The van der Waals surface area contributed by atoms with Gasteiger partial charge in [0.2, 0.25) is 17.7 Å². The zero-order valence-electron chi connectivity index (χ0n) is 19.1. The SMILES string of the molecule is O=C(CCn1cnc2ccccc2c1=O)N1CCCC(c2nnc(-c3ccc(C(F)(F)F)cc3)o2)C1. The number of aryl methyl sites for hydroxylation is 1. The predicted molar refractivity (Wildman–Crippen MR) is 124 cm³/mol. The number of piperidine rings is 1. The minimum Gasteiger partial charge on any atom is -0.420 e. The van der Waals surface area contributed by atoms with E-state index in [-0.39, 0.29) is 36.2 Å². The Balaban J connectivity index is 1.23. The van der Waals surface area contributed by atoms with Crippen molar-refractivity contribution in [3.63, 3.8) is 0 Å². The molecule has 1 aliphatic rings. The quantitative estimate of drug-likeness (QED) is 0.409. The number of hydrogen-bond acceptors (Lipinski definition) is 6. The Bertz CT molecular complexity index is 1450. The fraction of sp³-hybridized carbons (Fsp3) is 0.320. The number of fused-ring (bicyclic) bond motifs is 1. The molecule has 186 valence electrons. The van der Waals surface area contributed by atoms with E-state index in [4.69, 9.17) is 4.42 Å². The van der Waals surface area contributed by atoms with Gasteiger partial charge in [-0.15, -0.1) is 10.2 Å². The molecule has 4 aromatic rings. The molecule has 8 nitrogen and oxygen atoms in total. The fourth-order valence-electron chi connectivity index (χ4n) is 4.36. The van der Waals surface area contributed by atoms with E-state index in [0.29, 0.717) is 35.4 Å². The highest BCUT2D eigenvalue weighted by molar-refractivity contribution is 5.77. The summed E-state index contributed by atoms with van der Waals surface area (Å²) < 4.78 is 45.6. The van der Waals surface area contributed by atoms with Crippen molar-refractivity contribution in [2.24, 2.45) is 0 Å². The van der Waals surface area contributed by atoms with Gasteiger partial charge in [0.1, 0.15) is 0 Å². The minimum atomic E-state index is -4.42. The zero-order valence-corrected chi connectivity index (χ0v) is 19.1. The van der Waals surface area contributed by atoms with Crippen LogP contribution in [0.4, 0.5) is 13.2 Å². The molecule has 0 saturated carbocycles. The third kappa shape index (κ3) is 4.86. The van der Waals surface area contributed by atoms with Crippen molar-refractivity contribution in [2.45, 2.75) is 37.9 Å². The van der Waals surface area contributed by atoms with E-state index in [1.807, 2.05) is 6.07 Å². The van der Waals surface area contributed by atoms with Gasteiger partial charge in [0, 0.05) is 31.6 Å². The minimum absolute atomic E-state index is 0.0952. The summed E-state index contributed by atoms with van der Waals surface area (Å²) in [7, 11) is 0. The number of nitrogens with zero attached hydrogens (tertiary/aromatic N) is 5. The predicted octanol–water partition coefficient (Wildman–Crippen LogP) is 4.26. The van der Waals surface area contributed by atoms with Gasteiger partial charge in [0.25, 0.3) is 5.56 Å². The second-order valence-corrected chi connectivity index (χ2v) is 8.71. The van der Waals surface area contributed by atoms with Gasteiger partial charge in [0.05, 0.1) is 28.7 Å². The van der Waals surface area contributed by atoms with Gasteiger partial charge in [0.15, 0.2) is 0 Å². The topological polar surface area (TPSA) is 94.1 Å². The van der Waals surface area contributed by atoms with Crippen LogP contribution in [0, 0.1) is 0 Å². The molecule has 0 radical (unpaired) electrons. The van der Waals surface area contributed by atoms with Crippen molar-refractivity contribution in [2.75, 3.05) is 13.1 Å². The number of carbonyl (C=O) groups is 1. The van der Waals surface area contributed by atoms with Gasteiger partial charge in [-0.05, 0) is 49.2 Å². The number of para-hydroxylation sites is 1. The van der Waals surface area contributed by atoms with E-state index >= 15 is 0 Å². The lowest BCUT2D eigenvalue weighted by Crippen LogP contribution is -2.39. The largest absolute Gasteiger partial charge is 0.420 e. The summed E-state index contributed by atoms with van der Waals surface area (Å²) in [6, 6.07) is 11.6. The number of halogens is 3. The molecule has 1 saturated heterocycles.